The van der Waals surface area contributed by atoms with Crippen LogP contribution in [0, 0.1) is 5.92 Å². The van der Waals surface area contributed by atoms with Crippen molar-refractivity contribution in [3.05, 3.63) is 0 Å². The van der Waals surface area contributed by atoms with Crippen LogP contribution in [0.4, 0.5) is 0 Å². The van der Waals surface area contributed by atoms with Crippen molar-refractivity contribution in [1.29, 1.82) is 0 Å². The Labute approximate surface area is 131 Å². The third-order valence-electron chi connectivity index (χ3n) is 6.71. The fourth-order valence-electron chi connectivity index (χ4n) is 5.24. The monoisotopic (exact) mass is 293 g/mol. The molecule has 1 aliphatic heterocycles. The van der Waals surface area contributed by atoms with Gasteiger partial charge in [-0.25, -0.2) is 0 Å². The van der Waals surface area contributed by atoms with Crippen LogP contribution < -0.4 is 5.73 Å². The van der Waals surface area contributed by atoms with E-state index in [0.29, 0.717) is 5.54 Å². The van der Waals surface area contributed by atoms with Gasteiger partial charge in [0, 0.05) is 44.3 Å². The average molecular weight is 293 g/mol. The van der Waals surface area contributed by atoms with Crippen LogP contribution >= 0.6 is 0 Å². The van der Waals surface area contributed by atoms with Crippen molar-refractivity contribution >= 4 is 0 Å². The van der Waals surface area contributed by atoms with Crippen molar-refractivity contribution in [3.63, 3.8) is 0 Å². The summed E-state index contributed by atoms with van der Waals surface area (Å²) >= 11 is 0. The van der Waals surface area contributed by atoms with Crippen molar-refractivity contribution < 1.29 is 0 Å². The van der Waals surface area contributed by atoms with Gasteiger partial charge in [0.25, 0.3) is 0 Å². The number of rotatable bonds is 4. The summed E-state index contributed by atoms with van der Waals surface area (Å²) in [5.41, 5.74) is 6.62. The summed E-state index contributed by atoms with van der Waals surface area (Å²) < 4.78 is 0. The van der Waals surface area contributed by atoms with Gasteiger partial charge in [0.1, 0.15) is 0 Å². The molecule has 0 spiro atoms. The summed E-state index contributed by atoms with van der Waals surface area (Å²) in [7, 11) is 0. The molecule has 3 heteroatoms. The highest BCUT2D eigenvalue weighted by Crippen LogP contribution is 2.38. The number of hydrogen-bond acceptors (Lipinski definition) is 3. The zero-order valence-electron chi connectivity index (χ0n) is 14.0. The fraction of sp³-hybridized carbons (Fsp3) is 1.00. The molecule has 0 aromatic carbocycles. The van der Waals surface area contributed by atoms with E-state index >= 15 is 0 Å². The predicted molar refractivity (Wildman–Crippen MR) is 89.4 cm³/mol. The molecule has 0 bridgehead atoms. The minimum Gasteiger partial charge on any atom is -0.329 e. The number of nitrogens with two attached hydrogens (primary N) is 1. The molecule has 21 heavy (non-hydrogen) atoms. The number of hydrogen-bond donors (Lipinski definition) is 1. The van der Waals surface area contributed by atoms with Crippen LogP contribution in [0.5, 0.6) is 0 Å². The summed E-state index contributed by atoms with van der Waals surface area (Å²) in [6, 6.07) is 0.899. The first-order valence-electron chi connectivity index (χ1n) is 9.46. The van der Waals surface area contributed by atoms with Crippen molar-refractivity contribution in [1.82, 2.24) is 9.80 Å². The lowest BCUT2D eigenvalue weighted by atomic mass is 9.73. The Hall–Kier alpha value is -0.120. The molecule has 1 saturated heterocycles. The maximum absolute atomic E-state index is 6.29. The van der Waals surface area contributed by atoms with E-state index in [2.05, 4.69) is 16.7 Å². The third kappa shape index (κ3) is 3.30. The lowest BCUT2D eigenvalue weighted by Crippen LogP contribution is -2.62. The highest BCUT2D eigenvalue weighted by molar-refractivity contribution is 4.98. The minimum atomic E-state index is 0.334. The van der Waals surface area contributed by atoms with Gasteiger partial charge < -0.3 is 5.73 Å². The highest BCUT2D eigenvalue weighted by atomic mass is 15.3. The molecule has 0 aromatic rings. The van der Waals surface area contributed by atoms with E-state index in [-0.39, 0.29) is 0 Å². The van der Waals surface area contributed by atoms with E-state index in [1.54, 1.807) is 0 Å². The molecule has 2 aliphatic carbocycles. The molecule has 2 atom stereocenters. The topological polar surface area (TPSA) is 32.5 Å². The molecule has 122 valence electrons. The third-order valence-corrected chi connectivity index (χ3v) is 6.71. The molecular weight excluding hydrogens is 258 g/mol. The molecule has 0 radical (unpaired) electrons. The lowest BCUT2D eigenvalue weighted by molar-refractivity contribution is -0.0108. The van der Waals surface area contributed by atoms with Gasteiger partial charge >= 0.3 is 0 Å². The maximum Gasteiger partial charge on any atom is 0.0335 e. The Balaban J connectivity index is 1.58. The normalized spacial score (nSPS) is 37.1. The van der Waals surface area contributed by atoms with Crippen molar-refractivity contribution in [2.24, 2.45) is 11.7 Å². The summed E-state index contributed by atoms with van der Waals surface area (Å²) in [5.74, 6) is 0.912. The number of piperazine rings is 1. The van der Waals surface area contributed by atoms with Gasteiger partial charge in [0.15, 0.2) is 0 Å². The van der Waals surface area contributed by atoms with Crippen LogP contribution in [0.2, 0.25) is 0 Å². The Morgan fingerprint density at radius 3 is 2.33 bits per heavy atom. The molecule has 2 saturated carbocycles. The molecular formula is C18H35N3. The van der Waals surface area contributed by atoms with Crippen LogP contribution in [-0.2, 0) is 0 Å². The van der Waals surface area contributed by atoms with Crippen LogP contribution in [0.3, 0.4) is 0 Å². The van der Waals surface area contributed by atoms with Crippen molar-refractivity contribution in [3.8, 4) is 0 Å². The molecule has 3 aliphatic rings. The van der Waals surface area contributed by atoms with E-state index in [4.69, 9.17) is 5.73 Å². The second-order valence-electron chi connectivity index (χ2n) is 7.76. The van der Waals surface area contributed by atoms with Gasteiger partial charge in [-0.05, 0) is 31.6 Å². The van der Waals surface area contributed by atoms with Crippen molar-refractivity contribution in [2.45, 2.75) is 76.3 Å². The first kappa shape index (κ1) is 15.8. The zero-order chi connectivity index (χ0) is 14.7. The molecule has 1 heterocycles. The molecule has 0 amide bonds. The van der Waals surface area contributed by atoms with E-state index in [1.807, 2.05) is 0 Å². The summed E-state index contributed by atoms with van der Waals surface area (Å²) in [6.45, 7) is 8.29. The van der Waals surface area contributed by atoms with Crippen LogP contribution in [0.15, 0.2) is 0 Å². The molecule has 3 fully saturated rings. The fourth-order valence-corrected chi connectivity index (χ4v) is 5.24. The van der Waals surface area contributed by atoms with Gasteiger partial charge in [-0.2, -0.15) is 0 Å². The minimum absolute atomic E-state index is 0.334. The SMILES string of the molecule is CCC1CCCC(CN)(N2CCN(C3CCCC3)CC2)C1. The predicted octanol–water partition coefficient (Wildman–Crippen LogP) is 2.84. The standard InChI is InChI=1S/C18H35N3/c1-2-16-6-5-9-18(14-16,15-19)21-12-10-20(11-13-21)17-7-3-4-8-17/h16-17H,2-15,19H2,1H3. The smallest absolute Gasteiger partial charge is 0.0335 e. The van der Waals surface area contributed by atoms with Crippen molar-refractivity contribution in [2.75, 3.05) is 32.7 Å². The van der Waals surface area contributed by atoms with Gasteiger partial charge in [0.05, 0.1) is 0 Å². The average Bonchev–Trinajstić information content (AvgIpc) is 3.09. The van der Waals surface area contributed by atoms with Gasteiger partial charge in [-0.15, -0.1) is 0 Å². The summed E-state index contributed by atoms with van der Waals surface area (Å²) in [6.07, 6.45) is 12.6. The quantitative estimate of drug-likeness (QED) is 0.865. The largest absolute Gasteiger partial charge is 0.329 e. The van der Waals surface area contributed by atoms with E-state index in [1.165, 1.54) is 84.0 Å². The molecule has 3 rings (SSSR count). The van der Waals surface area contributed by atoms with Gasteiger partial charge in [-0.1, -0.05) is 39.0 Å². The molecule has 3 nitrogen and oxygen atoms in total. The molecule has 0 aromatic heterocycles. The van der Waals surface area contributed by atoms with Crippen LogP contribution in [0.25, 0.3) is 0 Å². The van der Waals surface area contributed by atoms with Gasteiger partial charge in [-0.3, -0.25) is 9.80 Å². The van der Waals surface area contributed by atoms with Gasteiger partial charge in [0.2, 0.25) is 0 Å². The highest BCUT2D eigenvalue weighted by Gasteiger charge is 2.41. The summed E-state index contributed by atoms with van der Waals surface area (Å²) in [4.78, 5) is 5.55. The zero-order valence-corrected chi connectivity index (χ0v) is 14.0. The molecule has 2 unspecified atom stereocenters. The maximum atomic E-state index is 6.29. The Kier molecular flexibility index (Phi) is 5.23. The van der Waals surface area contributed by atoms with Crippen LogP contribution in [-0.4, -0.2) is 54.1 Å². The summed E-state index contributed by atoms with van der Waals surface area (Å²) in [5, 5.41) is 0. The van der Waals surface area contributed by atoms with E-state index in [0.717, 1.165) is 18.5 Å². The van der Waals surface area contributed by atoms with E-state index < -0.39 is 0 Å². The first-order valence-corrected chi connectivity index (χ1v) is 9.46. The number of nitrogens with zero attached hydrogens (tertiary/aromatic N) is 2. The lowest BCUT2D eigenvalue weighted by Gasteiger charge is -2.51. The second kappa shape index (κ2) is 6.97. The van der Waals surface area contributed by atoms with Crippen LogP contribution in [0.1, 0.15) is 64.7 Å². The Morgan fingerprint density at radius 1 is 1.00 bits per heavy atom. The first-order chi connectivity index (χ1) is 10.3. The Bertz CT molecular complexity index is 318. The second-order valence-corrected chi connectivity index (χ2v) is 7.76. The molecule has 2 N–H and O–H groups in total. The Morgan fingerprint density at radius 2 is 1.71 bits per heavy atom. The van der Waals surface area contributed by atoms with E-state index in [9.17, 15) is 0 Å².